The van der Waals surface area contributed by atoms with Crippen LogP contribution in [0, 0.1) is 0 Å². The molecule has 1 aliphatic heterocycles. The van der Waals surface area contributed by atoms with Gasteiger partial charge >= 0.3 is 0 Å². The number of thiophene rings is 1. The predicted octanol–water partition coefficient (Wildman–Crippen LogP) is 1.63. The molecule has 3 heterocycles. The summed E-state index contributed by atoms with van der Waals surface area (Å²) in [5.41, 5.74) is 0.615. The van der Waals surface area contributed by atoms with E-state index in [9.17, 15) is 13.2 Å². The summed E-state index contributed by atoms with van der Waals surface area (Å²) in [5.74, 6) is -0.153. The monoisotopic (exact) mass is 482 g/mol. The molecule has 3 aromatic rings. The van der Waals surface area contributed by atoms with Crippen molar-refractivity contribution in [2.45, 2.75) is 4.90 Å². The highest BCUT2D eigenvalue weighted by Gasteiger charge is 2.31. The molecule has 0 aliphatic carbocycles. The van der Waals surface area contributed by atoms with Crippen molar-refractivity contribution in [1.29, 1.82) is 0 Å². The molecule has 0 atom stereocenters. The van der Waals surface area contributed by atoms with Crippen molar-refractivity contribution in [2.75, 3.05) is 26.2 Å². The van der Waals surface area contributed by atoms with Crippen LogP contribution in [0.1, 0.15) is 9.67 Å². The number of piperazine rings is 1. The normalized spacial score (nSPS) is 15.7. The molecule has 1 amide bonds. The Balaban J connectivity index is 1.48. The maximum Gasteiger partial charge on any atom is 0.266 e. The van der Waals surface area contributed by atoms with Gasteiger partial charge in [0.2, 0.25) is 10.0 Å². The summed E-state index contributed by atoms with van der Waals surface area (Å²) in [6.45, 7) is 1.12. The number of halogens is 1. The quantitative estimate of drug-likeness (QED) is 0.559. The first-order valence-corrected chi connectivity index (χ1v) is 11.4. The number of sulfonamides is 1. The van der Waals surface area contributed by atoms with E-state index in [1.807, 2.05) is 0 Å². The lowest BCUT2D eigenvalue weighted by Gasteiger charge is -2.34. The topological polar surface area (TPSA) is 101 Å². The van der Waals surface area contributed by atoms with Gasteiger partial charge in [0, 0.05) is 30.7 Å². The van der Waals surface area contributed by atoms with Crippen molar-refractivity contribution in [2.24, 2.45) is 0 Å². The van der Waals surface area contributed by atoms with E-state index in [4.69, 9.17) is 0 Å². The Bertz CT molecular complexity index is 1090. The molecular weight excluding hydrogens is 468 g/mol. The van der Waals surface area contributed by atoms with Crippen LogP contribution in [0.2, 0.25) is 0 Å². The second-order valence-electron chi connectivity index (χ2n) is 6.04. The van der Waals surface area contributed by atoms with Crippen molar-refractivity contribution in [1.82, 2.24) is 29.4 Å². The van der Waals surface area contributed by atoms with Crippen LogP contribution in [0.15, 0.2) is 51.4 Å². The van der Waals surface area contributed by atoms with Crippen LogP contribution in [0.5, 0.6) is 0 Å². The van der Waals surface area contributed by atoms with Crippen molar-refractivity contribution in [3.8, 4) is 5.69 Å². The van der Waals surface area contributed by atoms with Gasteiger partial charge in [0.05, 0.1) is 10.6 Å². The number of carbonyl (C=O) groups excluding carboxylic acids is 1. The Labute approximate surface area is 173 Å². The SMILES string of the molecule is O=C(c1sccc1-n1cnnn1)N1CCN(S(=O)(=O)c2cccc(Br)c2)CC1. The van der Waals surface area contributed by atoms with Gasteiger partial charge in [0.15, 0.2) is 0 Å². The highest BCUT2D eigenvalue weighted by atomic mass is 79.9. The molecule has 2 aromatic heterocycles. The zero-order valence-electron chi connectivity index (χ0n) is 14.5. The Kier molecular flexibility index (Phi) is 5.27. The smallest absolute Gasteiger partial charge is 0.266 e. The van der Waals surface area contributed by atoms with E-state index >= 15 is 0 Å². The van der Waals surface area contributed by atoms with Gasteiger partial charge in [-0.3, -0.25) is 4.79 Å². The first-order chi connectivity index (χ1) is 13.5. The second kappa shape index (κ2) is 7.70. The molecule has 0 radical (unpaired) electrons. The van der Waals surface area contributed by atoms with E-state index in [1.165, 1.54) is 26.7 Å². The van der Waals surface area contributed by atoms with Gasteiger partial charge in [-0.2, -0.15) is 8.99 Å². The molecule has 0 bridgehead atoms. The van der Waals surface area contributed by atoms with E-state index in [1.54, 1.807) is 40.6 Å². The molecule has 0 saturated carbocycles. The molecule has 1 fully saturated rings. The molecule has 9 nitrogen and oxygen atoms in total. The zero-order valence-corrected chi connectivity index (χ0v) is 17.7. The number of hydrogen-bond acceptors (Lipinski definition) is 7. The number of aromatic nitrogens is 4. The van der Waals surface area contributed by atoms with Crippen LogP contribution in [0.3, 0.4) is 0 Å². The van der Waals surface area contributed by atoms with Crippen LogP contribution < -0.4 is 0 Å². The molecule has 1 aliphatic rings. The molecule has 4 rings (SSSR count). The standard InChI is InChI=1S/C16H15BrN6O3S2/c17-12-2-1-3-13(10-12)28(25,26)22-7-5-21(6-8-22)16(24)15-14(4-9-27-15)23-11-18-19-20-23/h1-4,9-11H,5-8H2. The van der Waals surface area contributed by atoms with Gasteiger partial charge in [-0.05, 0) is 40.1 Å². The fourth-order valence-corrected chi connectivity index (χ4v) is 5.83. The molecule has 0 N–H and O–H groups in total. The Morgan fingerprint density at radius 3 is 2.61 bits per heavy atom. The lowest BCUT2D eigenvalue weighted by atomic mass is 10.3. The molecule has 146 valence electrons. The van der Waals surface area contributed by atoms with Crippen LogP contribution in [0.25, 0.3) is 5.69 Å². The summed E-state index contributed by atoms with van der Waals surface area (Å²) in [7, 11) is -3.59. The van der Waals surface area contributed by atoms with E-state index < -0.39 is 10.0 Å². The average molecular weight is 483 g/mol. The van der Waals surface area contributed by atoms with Crippen molar-refractivity contribution < 1.29 is 13.2 Å². The van der Waals surface area contributed by atoms with E-state index in [0.29, 0.717) is 28.1 Å². The van der Waals surface area contributed by atoms with Gasteiger partial charge in [-0.25, -0.2) is 8.42 Å². The first-order valence-electron chi connectivity index (χ1n) is 8.32. The maximum absolute atomic E-state index is 12.9. The zero-order chi connectivity index (χ0) is 19.7. The summed E-state index contributed by atoms with van der Waals surface area (Å²) in [4.78, 5) is 15.3. The number of rotatable bonds is 4. The van der Waals surface area contributed by atoms with E-state index in [0.717, 1.165) is 0 Å². The molecule has 0 spiro atoms. The van der Waals surface area contributed by atoms with Crippen LogP contribution in [-0.4, -0.2) is 69.9 Å². The number of nitrogens with zero attached hydrogens (tertiary/aromatic N) is 6. The Morgan fingerprint density at radius 2 is 1.93 bits per heavy atom. The van der Waals surface area contributed by atoms with Gasteiger partial charge < -0.3 is 4.90 Å². The summed E-state index contributed by atoms with van der Waals surface area (Å²) in [6, 6.07) is 8.40. The van der Waals surface area contributed by atoms with Crippen LogP contribution in [-0.2, 0) is 10.0 Å². The third-order valence-corrected chi connectivity index (χ3v) is 7.67. The lowest BCUT2D eigenvalue weighted by molar-refractivity contribution is 0.0702. The molecule has 12 heteroatoms. The van der Waals surface area contributed by atoms with Gasteiger partial charge in [0.1, 0.15) is 11.2 Å². The molecular formula is C16H15BrN6O3S2. The fraction of sp³-hybridized carbons (Fsp3) is 0.250. The van der Waals surface area contributed by atoms with E-state index in [-0.39, 0.29) is 23.9 Å². The number of tetrazole rings is 1. The number of benzene rings is 1. The molecule has 1 aromatic carbocycles. The number of carbonyl (C=O) groups is 1. The maximum atomic E-state index is 12.9. The van der Waals surface area contributed by atoms with Crippen LogP contribution in [0.4, 0.5) is 0 Å². The van der Waals surface area contributed by atoms with Gasteiger partial charge in [-0.1, -0.05) is 22.0 Å². The summed E-state index contributed by atoms with van der Waals surface area (Å²) in [6.07, 6.45) is 1.43. The largest absolute Gasteiger partial charge is 0.335 e. The fourth-order valence-electron chi connectivity index (χ4n) is 2.97. The van der Waals surface area contributed by atoms with Crippen LogP contribution >= 0.6 is 27.3 Å². The minimum atomic E-state index is -3.59. The highest BCUT2D eigenvalue weighted by Crippen LogP contribution is 2.24. The van der Waals surface area contributed by atoms with Crippen molar-refractivity contribution in [3.05, 3.63) is 51.4 Å². The van der Waals surface area contributed by atoms with Gasteiger partial charge in [-0.15, -0.1) is 16.4 Å². The third-order valence-electron chi connectivity index (χ3n) is 4.39. The first kappa shape index (κ1) is 19.2. The minimum absolute atomic E-state index is 0.153. The van der Waals surface area contributed by atoms with E-state index in [2.05, 4.69) is 31.5 Å². The van der Waals surface area contributed by atoms with Crippen molar-refractivity contribution >= 4 is 43.2 Å². The summed E-state index contributed by atoms with van der Waals surface area (Å²) < 4.78 is 29.2. The molecule has 28 heavy (non-hydrogen) atoms. The Morgan fingerprint density at radius 1 is 1.14 bits per heavy atom. The predicted molar refractivity (Wildman–Crippen MR) is 106 cm³/mol. The number of amides is 1. The Hall–Kier alpha value is -2.15. The molecule has 0 unspecified atom stereocenters. The lowest BCUT2D eigenvalue weighted by Crippen LogP contribution is -2.50. The third kappa shape index (κ3) is 3.60. The summed E-state index contributed by atoms with van der Waals surface area (Å²) >= 11 is 4.61. The van der Waals surface area contributed by atoms with Gasteiger partial charge in [0.25, 0.3) is 5.91 Å². The minimum Gasteiger partial charge on any atom is -0.335 e. The molecule has 1 saturated heterocycles. The highest BCUT2D eigenvalue weighted by molar-refractivity contribution is 9.10. The average Bonchev–Trinajstić information content (AvgIpc) is 3.39. The second-order valence-corrected chi connectivity index (χ2v) is 9.81. The van der Waals surface area contributed by atoms with Crippen molar-refractivity contribution in [3.63, 3.8) is 0 Å². The number of hydrogen-bond donors (Lipinski definition) is 0. The summed E-state index contributed by atoms with van der Waals surface area (Å²) in [5, 5.41) is 12.8.